The molecule has 0 spiro atoms. The van der Waals surface area contributed by atoms with Crippen molar-refractivity contribution < 1.29 is 4.79 Å². The van der Waals surface area contributed by atoms with Gasteiger partial charge in [0.2, 0.25) is 5.91 Å². The summed E-state index contributed by atoms with van der Waals surface area (Å²) >= 11 is 0. The summed E-state index contributed by atoms with van der Waals surface area (Å²) in [6.07, 6.45) is 0. The van der Waals surface area contributed by atoms with Crippen LogP contribution in [0.2, 0.25) is 0 Å². The number of carbonyl (C=O) groups is 1. The minimum atomic E-state index is -0.156. The van der Waals surface area contributed by atoms with Gasteiger partial charge in [0, 0.05) is 23.9 Å². The zero-order valence-electron chi connectivity index (χ0n) is 12.1. The molecular weight excluding hydrogens is 260 g/mol. The van der Waals surface area contributed by atoms with Gasteiger partial charge in [0.05, 0.1) is 0 Å². The molecule has 0 saturated carbocycles. The van der Waals surface area contributed by atoms with Gasteiger partial charge < -0.3 is 11.1 Å². The Morgan fingerprint density at radius 3 is 2.26 bits per heavy atom. The van der Waals surface area contributed by atoms with Gasteiger partial charge in [-0.2, -0.15) is 0 Å². The Hall–Kier alpha value is -1.06. The molecule has 4 heteroatoms. The number of amides is 1. The highest BCUT2D eigenvalue weighted by molar-refractivity contribution is 5.85. The molecule has 0 aliphatic rings. The third-order valence-corrected chi connectivity index (χ3v) is 3.46. The number of benzene rings is 1. The first-order valence-corrected chi connectivity index (χ1v) is 6.43. The molecule has 0 heterocycles. The van der Waals surface area contributed by atoms with E-state index in [1.807, 2.05) is 32.0 Å². The van der Waals surface area contributed by atoms with Crippen LogP contribution < -0.4 is 11.1 Å². The second-order valence-corrected chi connectivity index (χ2v) is 5.62. The molecule has 108 valence electrons. The molecule has 2 atom stereocenters. The average molecular weight is 285 g/mol. The van der Waals surface area contributed by atoms with Crippen LogP contribution in [0.4, 0.5) is 0 Å². The molecule has 0 aromatic heterocycles. The van der Waals surface area contributed by atoms with Gasteiger partial charge in [0.25, 0.3) is 0 Å². The Morgan fingerprint density at radius 2 is 1.79 bits per heavy atom. The fourth-order valence-electron chi connectivity index (χ4n) is 1.70. The largest absolute Gasteiger partial charge is 0.355 e. The first-order valence-electron chi connectivity index (χ1n) is 6.43. The quantitative estimate of drug-likeness (QED) is 0.873. The second-order valence-electron chi connectivity index (χ2n) is 5.62. The first-order chi connectivity index (χ1) is 8.34. The highest BCUT2D eigenvalue weighted by Crippen LogP contribution is 2.21. The summed E-state index contributed by atoms with van der Waals surface area (Å²) in [5.41, 5.74) is 6.87. The fourth-order valence-corrected chi connectivity index (χ4v) is 1.70. The van der Waals surface area contributed by atoms with E-state index in [2.05, 4.69) is 31.3 Å². The Labute approximate surface area is 122 Å². The topological polar surface area (TPSA) is 55.1 Å². The molecule has 0 aliphatic heterocycles. The molecular formula is C15H25ClN2O. The van der Waals surface area contributed by atoms with Crippen LogP contribution >= 0.6 is 12.4 Å². The molecule has 0 bridgehead atoms. The van der Waals surface area contributed by atoms with Gasteiger partial charge in [-0.3, -0.25) is 4.79 Å². The molecule has 19 heavy (non-hydrogen) atoms. The number of hydrogen-bond donors (Lipinski definition) is 2. The summed E-state index contributed by atoms with van der Waals surface area (Å²) in [4.78, 5) is 11.9. The molecule has 1 aromatic rings. The monoisotopic (exact) mass is 284 g/mol. The molecule has 3 nitrogen and oxygen atoms in total. The van der Waals surface area contributed by atoms with E-state index in [-0.39, 0.29) is 35.7 Å². The van der Waals surface area contributed by atoms with E-state index in [4.69, 9.17) is 5.73 Å². The maximum Gasteiger partial charge on any atom is 0.224 e. The van der Waals surface area contributed by atoms with Gasteiger partial charge >= 0.3 is 0 Å². The summed E-state index contributed by atoms with van der Waals surface area (Å²) in [6, 6.07) is 10.1. The maximum atomic E-state index is 11.9. The van der Waals surface area contributed by atoms with E-state index in [1.165, 1.54) is 5.56 Å². The summed E-state index contributed by atoms with van der Waals surface area (Å²) in [6.45, 7) is 8.58. The molecule has 0 aliphatic carbocycles. The molecule has 3 N–H and O–H groups in total. The number of halogens is 1. The van der Waals surface area contributed by atoms with Crippen molar-refractivity contribution in [2.75, 3.05) is 6.54 Å². The smallest absolute Gasteiger partial charge is 0.224 e. The zero-order valence-corrected chi connectivity index (χ0v) is 13.0. The highest BCUT2D eigenvalue weighted by Gasteiger charge is 2.23. The predicted octanol–water partition coefficient (Wildman–Crippen LogP) is 2.49. The minimum absolute atomic E-state index is 0. The highest BCUT2D eigenvalue weighted by atomic mass is 35.5. The van der Waals surface area contributed by atoms with Gasteiger partial charge in [-0.1, -0.05) is 51.1 Å². The lowest BCUT2D eigenvalue weighted by Crippen LogP contribution is -2.43. The van der Waals surface area contributed by atoms with Crippen LogP contribution in [0.5, 0.6) is 0 Å². The lowest BCUT2D eigenvalue weighted by atomic mass is 9.84. The van der Waals surface area contributed by atoms with Crippen molar-refractivity contribution in [2.45, 2.75) is 39.2 Å². The van der Waals surface area contributed by atoms with Gasteiger partial charge in [0.1, 0.15) is 0 Å². The number of rotatable bonds is 5. The van der Waals surface area contributed by atoms with Crippen molar-refractivity contribution in [1.29, 1.82) is 0 Å². The Bertz CT molecular complexity index is 390. The number of hydrogen-bond acceptors (Lipinski definition) is 2. The van der Waals surface area contributed by atoms with Gasteiger partial charge in [-0.05, 0) is 12.5 Å². The number of nitrogens with two attached hydrogens (primary N) is 1. The van der Waals surface area contributed by atoms with Crippen LogP contribution in [0, 0.1) is 5.92 Å². The minimum Gasteiger partial charge on any atom is -0.355 e. The standard InChI is InChI=1S/C15H24N2O.ClH/c1-11(12(2)16)14(18)17-10-15(3,4)13-8-6-5-7-9-13;/h5-9,11-12H,10,16H2,1-4H3,(H,17,18);1H. The zero-order chi connectivity index (χ0) is 13.8. The third kappa shape index (κ3) is 5.21. The third-order valence-electron chi connectivity index (χ3n) is 3.46. The van der Waals surface area contributed by atoms with Crippen molar-refractivity contribution in [2.24, 2.45) is 11.7 Å². The molecule has 1 amide bonds. The first kappa shape index (κ1) is 17.9. The number of carbonyl (C=O) groups excluding carboxylic acids is 1. The number of nitrogens with one attached hydrogen (secondary N) is 1. The van der Waals surface area contributed by atoms with E-state index in [0.29, 0.717) is 6.54 Å². The molecule has 0 saturated heterocycles. The summed E-state index contributed by atoms with van der Waals surface area (Å²) in [5.74, 6) is -0.134. The van der Waals surface area contributed by atoms with Crippen molar-refractivity contribution in [3.63, 3.8) is 0 Å². The van der Waals surface area contributed by atoms with Crippen molar-refractivity contribution in [3.05, 3.63) is 35.9 Å². The van der Waals surface area contributed by atoms with Crippen LogP contribution in [0.3, 0.4) is 0 Å². The predicted molar refractivity (Wildman–Crippen MR) is 82.5 cm³/mol. The van der Waals surface area contributed by atoms with Crippen molar-refractivity contribution in [3.8, 4) is 0 Å². The van der Waals surface area contributed by atoms with Crippen LogP contribution in [-0.4, -0.2) is 18.5 Å². The van der Waals surface area contributed by atoms with E-state index in [1.54, 1.807) is 0 Å². The lowest BCUT2D eigenvalue weighted by Gasteiger charge is -2.27. The van der Waals surface area contributed by atoms with Crippen LogP contribution in [0.1, 0.15) is 33.3 Å². The SMILES string of the molecule is CC(N)C(C)C(=O)NCC(C)(C)c1ccccc1.Cl. The molecule has 1 aromatic carbocycles. The molecule has 0 fully saturated rings. The molecule has 0 radical (unpaired) electrons. The lowest BCUT2D eigenvalue weighted by molar-refractivity contribution is -0.125. The van der Waals surface area contributed by atoms with Crippen LogP contribution in [-0.2, 0) is 10.2 Å². The van der Waals surface area contributed by atoms with E-state index >= 15 is 0 Å². The Kier molecular flexibility index (Phi) is 7.09. The van der Waals surface area contributed by atoms with Gasteiger partial charge in [-0.15, -0.1) is 12.4 Å². The van der Waals surface area contributed by atoms with Gasteiger partial charge in [0.15, 0.2) is 0 Å². The summed E-state index contributed by atoms with van der Waals surface area (Å²) in [5, 5.41) is 2.98. The Morgan fingerprint density at radius 1 is 1.26 bits per heavy atom. The second kappa shape index (κ2) is 7.51. The average Bonchev–Trinajstić information content (AvgIpc) is 2.36. The van der Waals surface area contributed by atoms with E-state index in [9.17, 15) is 4.79 Å². The fraction of sp³-hybridized carbons (Fsp3) is 0.533. The van der Waals surface area contributed by atoms with E-state index in [0.717, 1.165) is 0 Å². The van der Waals surface area contributed by atoms with Crippen molar-refractivity contribution >= 4 is 18.3 Å². The molecule has 2 unspecified atom stereocenters. The van der Waals surface area contributed by atoms with Crippen LogP contribution in [0.25, 0.3) is 0 Å². The van der Waals surface area contributed by atoms with Crippen LogP contribution in [0.15, 0.2) is 30.3 Å². The normalized spacial score (nSPS) is 14.2. The van der Waals surface area contributed by atoms with Gasteiger partial charge in [-0.25, -0.2) is 0 Å². The summed E-state index contributed by atoms with van der Waals surface area (Å²) < 4.78 is 0. The van der Waals surface area contributed by atoms with Crippen molar-refractivity contribution in [1.82, 2.24) is 5.32 Å². The Balaban J connectivity index is 0.00000324. The maximum absolute atomic E-state index is 11.9. The van der Waals surface area contributed by atoms with E-state index < -0.39 is 0 Å². The molecule has 1 rings (SSSR count). The summed E-state index contributed by atoms with van der Waals surface area (Å²) in [7, 11) is 0.